The lowest BCUT2D eigenvalue weighted by Crippen LogP contribution is -2.40. The van der Waals surface area contributed by atoms with E-state index in [1.54, 1.807) is 6.07 Å². The minimum atomic E-state index is -0.782. The Morgan fingerprint density at radius 2 is 2.06 bits per heavy atom. The van der Waals surface area contributed by atoms with Gasteiger partial charge >= 0.3 is 0 Å². The third-order valence-electron chi connectivity index (χ3n) is 3.62. The van der Waals surface area contributed by atoms with Crippen molar-refractivity contribution in [2.75, 3.05) is 13.1 Å². The van der Waals surface area contributed by atoms with Crippen molar-refractivity contribution in [3.8, 4) is 0 Å². The number of likely N-dealkylation sites (tertiary alicyclic amines) is 1. The quantitative estimate of drug-likeness (QED) is 0.895. The molecule has 1 unspecified atom stereocenters. The van der Waals surface area contributed by atoms with Crippen LogP contribution in [0.4, 0.5) is 8.78 Å². The van der Waals surface area contributed by atoms with Gasteiger partial charge in [0.1, 0.15) is 0 Å². The van der Waals surface area contributed by atoms with E-state index in [2.05, 4.69) is 4.90 Å². The van der Waals surface area contributed by atoms with Gasteiger partial charge in [-0.25, -0.2) is 8.78 Å². The van der Waals surface area contributed by atoms with Crippen molar-refractivity contribution in [3.05, 3.63) is 35.4 Å². The molecule has 4 heteroatoms. The minimum Gasteiger partial charge on any atom is -0.330 e. The molecule has 1 aromatic rings. The predicted octanol–water partition coefficient (Wildman–Crippen LogP) is 2.67. The van der Waals surface area contributed by atoms with Crippen molar-refractivity contribution in [2.24, 2.45) is 5.73 Å². The van der Waals surface area contributed by atoms with E-state index in [1.165, 1.54) is 25.0 Å². The first-order valence-electron chi connectivity index (χ1n) is 6.58. The normalized spacial score (nSPS) is 21.2. The standard InChI is InChI=1S/C14H20F2N2/c15-13-5-4-11(9-14(13)16)10-18-8-2-1-3-12(18)6-7-17/h4-5,9,12H,1-3,6-8,10,17H2. The summed E-state index contributed by atoms with van der Waals surface area (Å²) in [6, 6.07) is 4.64. The topological polar surface area (TPSA) is 29.3 Å². The Balaban J connectivity index is 2.03. The van der Waals surface area contributed by atoms with Crippen LogP contribution in [0.1, 0.15) is 31.2 Å². The number of benzene rings is 1. The van der Waals surface area contributed by atoms with Gasteiger partial charge < -0.3 is 5.73 Å². The van der Waals surface area contributed by atoms with Crippen LogP contribution in [-0.2, 0) is 6.54 Å². The van der Waals surface area contributed by atoms with Crippen molar-refractivity contribution >= 4 is 0 Å². The molecule has 1 aliphatic rings. The molecule has 1 saturated heterocycles. The van der Waals surface area contributed by atoms with E-state index in [9.17, 15) is 8.78 Å². The summed E-state index contributed by atoms with van der Waals surface area (Å²) in [6.07, 6.45) is 4.54. The molecule has 2 N–H and O–H groups in total. The number of nitrogens with two attached hydrogens (primary N) is 1. The maximum Gasteiger partial charge on any atom is 0.159 e. The van der Waals surface area contributed by atoms with Crippen LogP contribution < -0.4 is 5.73 Å². The second-order valence-electron chi connectivity index (χ2n) is 4.95. The van der Waals surface area contributed by atoms with Crippen molar-refractivity contribution in [3.63, 3.8) is 0 Å². The highest BCUT2D eigenvalue weighted by molar-refractivity contribution is 5.17. The Morgan fingerprint density at radius 3 is 2.78 bits per heavy atom. The first-order chi connectivity index (χ1) is 8.70. The summed E-state index contributed by atoms with van der Waals surface area (Å²) in [5, 5.41) is 0. The van der Waals surface area contributed by atoms with Gasteiger partial charge in [-0.05, 0) is 50.0 Å². The Kier molecular flexibility index (Phi) is 4.66. The van der Waals surface area contributed by atoms with Crippen LogP contribution in [0.5, 0.6) is 0 Å². The third-order valence-corrected chi connectivity index (χ3v) is 3.62. The molecule has 0 aromatic heterocycles. The summed E-state index contributed by atoms with van der Waals surface area (Å²) >= 11 is 0. The molecule has 0 saturated carbocycles. The molecule has 0 bridgehead atoms. The fraction of sp³-hybridized carbons (Fsp3) is 0.571. The van der Waals surface area contributed by atoms with Crippen molar-refractivity contribution in [2.45, 2.75) is 38.3 Å². The fourth-order valence-corrected chi connectivity index (χ4v) is 2.66. The van der Waals surface area contributed by atoms with Gasteiger partial charge in [0, 0.05) is 12.6 Å². The van der Waals surface area contributed by atoms with Crippen LogP contribution in [-0.4, -0.2) is 24.0 Å². The lowest BCUT2D eigenvalue weighted by molar-refractivity contribution is 0.134. The van der Waals surface area contributed by atoms with Crippen molar-refractivity contribution in [1.82, 2.24) is 4.90 Å². The SMILES string of the molecule is NCCC1CCCCN1Cc1ccc(F)c(F)c1. The second-order valence-corrected chi connectivity index (χ2v) is 4.95. The highest BCUT2D eigenvalue weighted by Gasteiger charge is 2.21. The monoisotopic (exact) mass is 254 g/mol. The lowest BCUT2D eigenvalue weighted by Gasteiger charge is -2.35. The summed E-state index contributed by atoms with van der Waals surface area (Å²) in [7, 11) is 0. The summed E-state index contributed by atoms with van der Waals surface area (Å²) in [5.41, 5.74) is 6.45. The third kappa shape index (κ3) is 3.27. The Labute approximate surface area is 107 Å². The molecule has 1 aliphatic heterocycles. The number of rotatable bonds is 4. The van der Waals surface area contributed by atoms with Crippen LogP contribution >= 0.6 is 0 Å². The van der Waals surface area contributed by atoms with Gasteiger partial charge in [-0.2, -0.15) is 0 Å². The highest BCUT2D eigenvalue weighted by atomic mass is 19.2. The van der Waals surface area contributed by atoms with Gasteiger partial charge in [0.15, 0.2) is 11.6 Å². The van der Waals surface area contributed by atoms with E-state index in [0.717, 1.165) is 24.9 Å². The van der Waals surface area contributed by atoms with Gasteiger partial charge in [0.25, 0.3) is 0 Å². The zero-order chi connectivity index (χ0) is 13.0. The van der Waals surface area contributed by atoms with Crippen LogP contribution in [0.25, 0.3) is 0 Å². The lowest BCUT2D eigenvalue weighted by atomic mass is 9.98. The van der Waals surface area contributed by atoms with Crippen molar-refractivity contribution in [1.29, 1.82) is 0 Å². The van der Waals surface area contributed by atoms with Gasteiger partial charge in [0.05, 0.1) is 0 Å². The highest BCUT2D eigenvalue weighted by Crippen LogP contribution is 2.22. The molecule has 1 atom stereocenters. The molecule has 2 nitrogen and oxygen atoms in total. The molecule has 1 aromatic carbocycles. The maximum atomic E-state index is 13.2. The molecule has 2 rings (SSSR count). The summed E-state index contributed by atoms with van der Waals surface area (Å²) in [6.45, 7) is 2.38. The smallest absolute Gasteiger partial charge is 0.159 e. The van der Waals surface area contributed by atoms with Crippen LogP contribution in [0, 0.1) is 11.6 Å². The summed E-state index contributed by atoms with van der Waals surface area (Å²) < 4.78 is 26.0. The van der Waals surface area contributed by atoms with E-state index in [-0.39, 0.29) is 0 Å². The second kappa shape index (κ2) is 6.25. The van der Waals surface area contributed by atoms with Crippen LogP contribution in [0.2, 0.25) is 0 Å². The van der Waals surface area contributed by atoms with Crippen LogP contribution in [0.15, 0.2) is 18.2 Å². The van der Waals surface area contributed by atoms with E-state index in [1.807, 2.05) is 0 Å². The molecular weight excluding hydrogens is 234 g/mol. The van der Waals surface area contributed by atoms with E-state index in [4.69, 9.17) is 5.73 Å². The van der Waals surface area contributed by atoms with E-state index < -0.39 is 11.6 Å². The number of halogens is 2. The molecule has 0 radical (unpaired) electrons. The zero-order valence-electron chi connectivity index (χ0n) is 10.5. The molecule has 100 valence electrons. The van der Waals surface area contributed by atoms with Gasteiger partial charge in [0.2, 0.25) is 0 Å². The maximum absolute atomic E-state index is 13.2. The van der Waals surface area contributed by atoms with Crippen LogP contribution in [0.3, 0.4) is 0 Å². The first kappa shape index (κ1) is 13.4. The molecule has 0 spiro atoms. The Bertz CT molecular complexity index is 393. The van der Waals surface area contributed by atoms with Gasteiger partial charge in [-0.3, -0.25) is 4.90 Å². The first-order valence-corrected chi connectivity index (χ1v) is 6.58. The number of nitrogens with zero attached hydrogens (tertiary/aromatic N) is 1. The molecule has 0 aliphatic carbocycles. The van der Waals surface area contributed by atoms with E-state index >= 15 is 0 Å². The average Bonchev–Trinajstić information content (AvgIpc) is 2.37. The Hall–Kier alpha value is -1.00. The average molecular weight is 254 g/mol. The largest absolute Gasteiger partial charge is 0.330 e. The Morgan fingerprint density at radius 1 is 1.22 bits per heavy atom. The molecule has 0 amide bonds. The molecule has 1 heterocycles. The van der Waals surface area contributed by atoms with E-state index in [0.29, 0.717) is 19.1 Å². The number of hydrogen-bond donors (Lipinski definition) is 1. The fourth-order valence-electron chi connectivity index (χ4n) is 2.66. The summed E-state index contributed by atoms with van der Waals surface area (Å²) in [4.78, 5) is 2.34. The summed E-state index contributed by atoms with van der Waals surface area (Å²) in [5.74, 6) is -1.55. The minimum absolute atomic E-state index is 0.483. The number of hydrogen-bond acceptors (Lipinski definition) is 2. The van der Waals surface area contributed by atoms with Gasteiger partial charge in [-0.1, -0.05) is 12.5 Å². The molecular formula is C14H20F2N2. The zero-order valence-corrected chi connectivity index (χ0v) is 10.5. The predicted molar refractivity (Wildman–Crippen MR) is 68.1 cm³/mol. The van der Waals surface area contributed by atoms with Crippen molar-refractivity contribution < 1.29 is 8.78 Å². The number of piperidine rings is 1. The molecule has 1 fully saturated rings. The van der Waals surface area contributed by atoms with Gasteiger partial charge in [-0.15, -0.1) is 0 Å². The molecule has 18 heavy (non-hydrogen) atoms.